The molecule has 1 aliphatic rings. The van der Waals surface area contributed by atoms with Gasteiger partial charge in [-0.15, -0.1) is 6.58 Å². The number of aryl methyl sites for hydroxylation is 1. The molecule has 0 bridgehead atoms. The molecule has 0 saturated carbocycles. The van der Waals surface area contributed by atoms with Gasteiger partial charge in [0.15, 0.2) is 0 Å². The van der Waals surface area contributed by atoms with Crippen LogP contribution >= 0.6 is 0 Å². The Morgan fingerprint density at radius 3 is 3.00 bits per heavy atom. The van der Waals surface area contributed by atoms with E-state index in [2.05, 4.69) is 48.0 Å². The normalized spacial score (nSPS) is 18.2. The number of piperidine rings is 1. The Kier molecular flexibility index (Phi) is 7.32. The van der Waals surface area contributed by atoms with Crippen LogP contribution in [-0.2, 0) is 6.42 Å². The van der Waals surface area contributed by atoms with Gasteiger partial charge >= 0.3 is 6.03 Å². The summed E-state index contributed by atoms with van der Waals surface area (Å²) in [5.41, 5.74) is 2.82. The summed E-state index contributed by atoms with van der Waals surface area (Å²) in [5, 5.41) is 2.84. The van der Waals surface area contributed by atoms with E-state index in [-0.39, 0.29) is 6.03 Å². The third kappa shape index (κ3) is 5.68. The van der Waals surface area contributed by atoms with Crippen molar-refractivity contribution in [2.75, 3.05) is 39.8 Å². The van der Waals surface area contributed by atoms with Gasteiger partial charge in [-0.2, -0.15) is 0 Å². The molecule has 2 rings (SSSR count). The zero-order valence-electron chi connectivity index (χ0n) is 15.1. The molecule has 4 heteroatoms. The van der Waals surface area contributed by atoms with E-state index >= 15 is 0 Å². The number of rotatable bonds is 7. The summed E-state index contributed by atoms with van der Waals surface area (Å²) >= 11 is 0. The highest BCUT2D eigenvalue weighted by atomic mass is 16.2. The number of urea groups is 1. The molecule has 0 aliphatic carbocycles. The Labute approximate surface area is 146 Å². The Bertz CT molecular complexity index is 543. The highest BCUT2D eigenvalue weighted by molar-refractivity contribution is 5.73. The molecule has 1 N–H and O–H groups in total. The van der Waals surface area contributed by atoms with Crippen LogP contribution in [0.1, 0.15) is 24.0 Å². The predicted octanol–water partition coefficient (Wildman–Crippen LogP) is 3.08. The van der Waals surface area contributed by atoms with Crippen molar-refractivity contribution < 1.29 is 4.79 Å². The second-order valence-electron chi connectivity index (χ2n) is 6.84. The van der Waals surface area contributed by atoms with Gasteiger partial charge in [-0.05, 0) is 49.8 Å². The lowest BCUT2D eigenvalue weighted by atomic mass is 9.97. The van der Waals surface area contributed by atoms with Crippen LogP contribution in [0.25, 0.3) is 0 Å². The van der Waals surface area contributed by atoms with Gasteiger partial charge in [-0.25, -0.2) is 4.79 Å². The van der Waals surface area contributed by atoms with Gasteiger partial charge in [0.1, 0.15) is 0 Å². The van der Waals surface area contributed by atoms with Crippen LogP contribution in [0.5, 0.6) is 0 Å². The molecule has 1 aromatic carbocycles. The minimum atomic E-state index is -0.00747. The van der Waals surface area contributed by atoms with Crippen LogP contribution in [0.4, 0.5) is 4.79 Å². The van der Waals surface area contributed by atoms with E-state index in [1.165, 1.54) is 30.5 Å². The fraction of sp³-hybridized carbons (Fsp3) is 0.550. The van der Waals surface area contributed by atoms with Gasteiger partial charge < -0.3 is 15.1 Å². The van der Waals surface area contributed by atoms with E-state index < -0.39 is 0 Å². The SMILES string of the molecule is C=CCNC(=O)N(C)CC1CCCN(CCc2ccccc2C)C1. The number of hydrogen-bond donors (Lipinski definition) is 1. The summed E-state index contributed by atoms with van der Waals surface area (Å²) in [4.78, 5) is 16.3. The molecule has 1 fully saturated rings. The average molecular weight is 329 g/mol. The maximum Gasteiger partial charge on any atom is 0.317 e. The van der Waals surface area contributed by atoms with Crippen molar-refractivity contribution in [1.29, 1.82) is 0 Å². The molecular weight excluding hydrogens is 298 g/mol. The molecule has 0 aromatic heterocycles. The number of benzene rings is 1. The Morgan fingerprint density at radius 2 is 2.25 bits per heavy atom. The van der Waals surface area contributed by atoms with Gasteiger partial charge in [0, 0.05) is 33.2 Å². The van der Waals surface area contributed by atoms with Crippen molar-refractivity contribution in [2.45, 2.75) is 26.2 Å². The number of amides is 2. The first-order valence-electron chi connectivity index (χ1n) is 8.97. The summed E-state index contributed by atoms with van der Waals surface area (Å²) in [7, 11) is 1.88. The number of nitrogens with zero attached hydrogens (tertiary/aromatic N) is 2. The molecule has 1 heterocycles. The average Bonchev–Trinajstić information content (AvgIpc) is 2.59. The zero-order valence-corrected chi connectivity index (χ0v) is 15.1. The van der Waals surface area contributed by atoms with Crippen molar-refractivity contribution in [3.63, 3.8) is 0 Å². The van der Waals surface area contributed by atoms with E-state index in [4.69, 9.17) is 0 Å². The standard InChI is InChI=1S/C20H31N3O/c1-4-12-21-20(24)22(3)15-18-9-7-13-23(16-18)14-11-19-10-6-5-8-17(19)2/h4-6,8,10,18H,1,7,9,11-16H2,2-3H3,(H,21,24). The number of carbonyl (C=O) groups is 1. The first-order chi connectivity index (χ1) is 11.6. The van der Waals surface area contributed by atoms with Crippen LogP contribution in [0.3, 0.4) is 0 Å². The fourth-order valence-corrected chi connectivity index (χ4v) is 3.44. The Balaban J connectivity index is 1.78. The summed E-state index contributed by atoms with van der Waals surface area (Å²) in [6.07, 6.45) is 5.25. The monoisotopic (exact) mass is 329 g/mol. The lowest BCUT2D eigenvalue weighted by Gasteiger charge is -2.34. The minimum Gasteiger partial charge on any atom is -0.335 e. The van der Waals surface area contributed by atoms with Crippen LogP contribution in [0.15, 0.2) is 36.9 Å². The number of hydrogen-bond acceptors (Lipinski definition) is 2. The highest BCUT2D eigenvalue weighted by Crippen LogP contribution is 2.18. The van der Waals surface area contributed by atoms with Crippen molar-refractivity contribution in [3.05, 3.63) is 48.0 Å². The number of carbonyl (C=O) groups excluding carboxylic acids is 1. The maximum atomic E-state index is 12.0. The van der Waals surface area contributed by atoms with Crippen LogP contribution in [0.2, 0.25) is 0 Å². The molecule has 1 aromatic rings. The Hall–Kier alpha value is -1.81. The molecule has 24 heavy (non-hydrogen) atoms. The van der Waals surface area contributed by atoms with Gasteiger partial charge in [-0.3, -0.25) is 0 Å². The van der Waals surface area contributed by atoms with E-state index in [1.807, 2.05) is 7.05 Å². The smallest absolute Gasteiger partial charge is 0.317 e. The van der Waals surface area contributed by atoms with E-state index in [0.717, 1.165) is 26.1 Å². The number of likely N-dealkylation sites (tertiary alicyclic amines) is 1. The minimum absolute atomic E-state index is 0.00747. The summed E-state index contributed by atoms with van der Waals surface area (Å²) in [6, 6.07) is 8.63. The topological polar surface area (TPSA) is 35.6 Å². The Morgan fingerprint density at radius 1 is 1.46 bits per heavy atom. The molecule has 1 aliphatic heterocycles. The lowest BCUT2D eigenvalue weighted by molar-refractivity contribution is 0.146. The van der Waals surface area contributed by atoms with Crippen LogP contribution < -0.4 is 5.32 Å². The molecule has 1 saturated heterocycles. The molecule has 132 valence electrons. The second kappa shape index (κ2) is 9.48. The highest BCUT2D eigenvalue weighted by Gasteiger charge is 2.22. The van der Waals surface area contributed by atoms with Crippen molar-refractivity contribution in [2.24, 2.45) is 5.92 Å². The van der Waals surface area contributed by atoms with Gasteiger partial charge in [0.2, 0.25) is 0 Å². The van der Waals surface area contributed by atoms with Gasteiger partial charge in [0.05, 0.1) is 0 Å². The van der Waals surface area contributed by atoms with E-state index in [1.54, 1.807) is 11.0 Å². The quantitative estimate of drug-likeness (QED) is 0.780. The van der Waals surface area contributed by atoms with Crippen molar-refractivity contribution in [3.8, 4) is 0 Å². The van der Waals surface area contributed by atoms with Crippen LogP contribution in [-0.4, -0.2) is 55.6 Å². The molecule has 1 atom stereocenters. The largest absolute Gasteiger partial charge is 0.335 e. The molecule has 1 unspecified atom stereocenters. The molecular formula is C20H31N3O. The summed E-state index contributed by atoms with van der Waals surface area (Å²) in [6.45, 7) is 10.5. The lowest BCUT2D eigenvalue weighted by Crippen LogP contribution is -2.45. The second-order valence-corrected chi connectivity index (χ2v) is 6.84. The first kappa shape index (κ1) is 18.5. The molecule has 4 nitrogen and oxygen atoms in total. The van der Waals surface area contributed by atoms with E-state index in [0.29, 0.717) is 12.5 Å². The van der Waals surface area contributed by atoms with Gasteiger partial charge in [-0.1, -0.05) is 30.3 Å². The molecule has 0 radical (unpaired) electrons. The van der Waals surface area contributed by atoms with Crippen molar-refractivity contribution in [1.82, 2.24) is 15.1 Å². The first-order valence-corrected chi connectivity index (χ1v) is 8.97. The molecule has 2 amide bonds. The third-order valence-corrected chi connectivity index (χ3v) is 4.84. The third-order valence-electron chi connectivity index (χ3n) is 4.84. The van der Waals surface area contributed by atoms with Crippen LogP contribution in [0, 0.1) is 12.8 Å². The van der Waals surface area contributed by atoms with E-state index in [9.17, 15) is 4.79 Å². The molecule has 0 spiro atoms. The summed E-state index contributed by atoms with van der Waals surface area (Å²) < 4.78 is 0. The van der Waals surface area contributed by atoms with Gasteiger partial charge in [0.25, 0.3) is 0 Å². The predicted molar refractivity (Wildman–Crippen MR) is 100 cm³/mol. The van der Waals surface area contributed by atoms with Crippen molar-refractivity contribution >= 4 is 6.03 Å². The summed E-state index contributed by atoms with van der Waals surface area (Å²) in [5.74, 6) is 0.565. The number of nitrogens with one attached hydrogen (secondary N) is 1. The maximum absolute atomic E-state index is 12.0. The zero-order chi connectivity index (χ0) is 17.4. The fourth-order valence-electron chi connectivity index (χ4n) is 3.44.